The molecule has 0 heterocycles. The monoisotopic (exact) mass is 539 g/mol. The summed E-state index contributed by atoms with van der Waals surface area (Å²) < 4.78 is 42.4. The second kappa shape index (κ2) is 11.7. The summed E-state index contributed by atoms with van der Waals surface area (Å²) in [6, 6.07) is 8.72. The molecule has 2 rings (SSSR count). The zero-order valence-electron chi connectivity index (χ0n) is 18.7. The topological polar surface area (TPSA) is 107 Å². The second-order valence-electron chi connectivity index (χ2n) is 6.80. The first-order valence-electron chi connectivity index (χ1n) is 9.70. The summed E-state index contributed by atoms with van der Waals surface area (Å²) in [6.07, 6.45) is 4.06. The number of nitrogens with zero attached hydrogens (tertiary/aromatic N) is 2. The molecule has 0 saturated heterocycles. The lowest BCUT2D eigenvalue weighted by molar-refractivity contribution is -0.121. The fourth-order valence-corrected chi connectivity index (χ4v) is 4.65. The first-order valence-corrected chi connectivity index (χ1v) is 12.3. The van der Waals surface area contributed by atoms with Gasteiger partial charge in [0.1, 0.15) is 18.4 Å². The van der Waals surface area contributed by atoms with Crippen LogP contribution in [0, 0.1) is 0 Å². The van der Waals surface area contributed by atoms with Gasteiger partial charge in [0, 0.05) is 0 Å². The largest absolute Gasteiger partial charge is 0.497 e. The Morgan fingerprint density at radius 3 is 2.45 bits per heavy atom. The molecule has 0 aliphatic rings. The molecule has 33 heavy (non-hydrogen) atoms. The van der Waals surface area contributed by atoms with Crippen LogP contribution >= 0.6 is 15.9 Å². The number of hydrazone groups is 1. The van der Waals surface area contributed by atoms with Gasteiger partial charge in [-0.1, -0.05) is 12.7 Å². The number of anilines is 1. The number of hydrogen-bond donors (Lipinski definition) is 1. The standard InChI is InChI=1S/C22H26BrN3O6S/c1-6-11-32-21-19(23)12-16(13-20(21)31-4)14-24-25-22(27)15(2)26(33(5,28)29)17-7-9-18(30-3)10-8-17/h6-10,12-15H,1,11H2,2-5H3,(H,25,27)/b24-14-/t15-/m1/s1. The summed E-state index contributed by atoms with van der Waals surface area (Å²) in [6.45, 7) is 5.40. The molecule has 0 aliphatic carbocycles. The number of methoxy groups -OCH3 is 2. The highest BCUT2D eigenvalue weighted by Gasteiger charge is 2.29. The Hall–Kier alpha value is -3.05. The van der Waals surface area contributed by atoms with Crippen LogP contribution < -0.4 is 23.9 Å². The smallest absolute Gasteiger partial charge is 0.263 e. The predicted octanol–water partition coefficient (Wildman–Crippen LogP) is 3.34. The Balaban J connectivity index is 2.19. The molecule has 0 radical (unpaired) electrons. The van der Waals surface area contributed by atoms with Gasteiger partial charge in [0.25, 0.3) is 5.91 Å². The molecular formula is C22H26BrN3O6S. The van der Waals surface area contributed by atoms with E-state index in [0.29, 0.717) is 39.6 Å². The van der Waals surface area contributed by atoms with Crippen LogP contribution in [0.4, 0.5) is 5.69 Å². The average molecular weight is 540 g/mol. The van der Waals surface area contributed by atoms with Gasteiger partial charge < -0.3 is 14.2 Å². The molecule has 1 N–H and O–H groups in total. The summed E-state index contributed by atoms with van der Waals surface area (Å²) in [4.78, 5) is 12.7. The van der Waals surface area contributed by atoms with Gasteiger partial charge in [-0.15, -0.1) is 0 Å². The maximum atomic E-state index is 12.7. The Kier molecular flexibility index (Phi) is 9.30. The van der Waals surface area contributed by atoms with Gasteiger partial charge in [0.2, 0.25) is 10.0 Å². The number of amides is 1. The molecule has 1 atom stereocenters. The Labute approximate surface area is 202 Å². The lowest BCUT2D eigenvalue weighted by atomic mass is 10.2. The van der Waals surface area contributed by atoms with Crippen molar-refractivity contribution in [2.24, 2.45) is 5.10 Å². The molecule has 1 amide bonds. The van der Waals surface area contributed by atoms with Crippen molar-refractivity contribution in [2.75, 3.05) is 31.4 Å². The summed E-state index contributed by atoms with van der Waals surface area (Å²) in [7, 11) is -0.737. The van der Waals surface area contributed by atoms with Crippen molar-refractivity contribution in [1.82, 2.24) is 5.43 Å². The molecule has 178 valence electrons. The number of nitrogens with one attached hydrogen (secondary N) is 1. The molecular weight excluding hydrogens is 514 g/mol. The third kappa shape index (κ3) is 6.96. The normalized spacial score (nSPS) is 12.2. The third-order valence-electron chi connectivity index (χ3n) is 4.40. The molecule has 0 fully saturated rings. The van der Waals surface area contributed by atoms with E-state index in [2.05, 4.69) is 33.0 Å². The highest BCUT2D eigenvalue weighted by atomic mass is 79.9. The van der Waals surface area contributed by atoms with E-state index >= 15 is 0 Å². The van der Waals surface area contributed by atoms with E-state index in [1.54, 1.807) is 42.5 Å². The number of benzene rings is 2. The van der Waals surface area contributed by atoms with Crippen molar-refractivity contribution in [3.8, 4) is 17.2 Å². The Morgan fingerprint density at radius 1 is 1.24 bits per heavy atom. The lowest BCUT2D eigenvalue weighted by Gasteiger charge is -2.27. The van der Waals surface area contributed by atoms with E-state index in [-0.39, 0.29) is 0 Å². The van der Waals surface area contributed by atoms with Gasteiger partial charge >= 0.3 is 0 Å². The molecule has 0 aliphatic heterocycles. The summed E-state index contributed by atoms with van der Waals surface area (Å²) in [5, 5.41) is 3.96. The van der Waals surface area contributed by atoms with Gasteiger partial charge in [-0.2, -0.15) is 5.10 Å². The quantitative estimate of drug-likeness (QED) is 0.266. The maximum Gasteiger partial charge on any atom is 0.263 e. The van der Waals surface area contributed by atoms with E-state index < -0.39 is 22.0 Å². The highest BCUT2D eigenvalue weighted by Crippen LogP contribution is 2.36. The lowest BCUT2D eigenvalue weighted by Crippen LogP contribution is -2.46. The van der Waals surface area contributed by atoms with Crippen LogP contribution in [0.3, 0.4) is 0 Å². The van der Waals surface area contributed by atoms with Crippen LogP contribution in [0.15, 0.2) is 58.6 Å². The van der Waals surface area contributed by atoms with Crippen molar-refractivity contribution in [2.45, 2.75) is 13.0 Å². The van der Waals surface area contributed by atoms with Crippen molar-refractivity contribution < 1.29 is 27.4 Å². The molecule has 11 heteroatoms. The van der Waals surface area contributed by atoms with Crippen molar-refractivity contribution >= 4 is 43.8 Å². The molecule has 2 aromatic rings. The van der Waals surface area contributed by atoms with Crippen LogP contribution in [-0.4, -0.2) is 53.7 Å². The summed E-state index contributed by atoms with van der Waals surface area (Å²) in [5.74, 6) is 0.937. The molecule has 9 nitrogen and oxygen atoms in total. The molecule has 0 bridgehead atoms. The van der Waals surface area contributed by atoms with Gasteiger partial charge in [-0.25, -0.2) is 13.8 Å². The van der Waals surface area contributed by atoms with Crippen LogP contribution in [-0.2, 0) is 14.8 Å². The first-order chi connectivity index (χ1) is 15.6. The number of halogens is 1. The minimum absolute atomic E-state index is 0.307. The van der Waals surface area contributed by atoms with E-state index in [1.165, 1.54) is 27.4 Å². The fourth-order valence-electron chi connectivity index (χ4n) is 2.90. The van der Waals surface area contributed by atoms with Crippen molar-refractivity contribution in [3.63, 3.8) is 0 Å². The Bertz CT molecular complexity index is 1120. The first kappa shape index (κ1) is 26.2. The van der Waals surface area contributed by atoms with Crippen LogP contribution in [0.5, 0.6) is 17.2 Å². The van der Waals surface area contributed by atoms with Crippen LogP contribution in [0.25, 0.3) is 0 Å². The number of sulfonamides is 1. The average Bonchev–Trinajstić information content (AvgIpc) is 2.77. The maximum absolute atomic E-state index is 12.7. The van der Waals surface area contributed by atoms with Gasteiger partial charge in [-0.3, -0.25) is 9.10 Å². The minimum Gasteiger partial charge on any atom is -0.497 e. The number of ether oxygens (including phenoxy) is 3. The molecule has 0 saturated carbocycles. The minimum atomic E-state index is -3.75. The van der Waals surface area contributed by atoms with E-state index in [1.807, 2.05) is 0 Å². The zero-order chi connectivity index (χ0) is 24.6. The highest BCUT2D eigenvalue weighted by molar-refractivity contribution is 9.10. The van der Waals surface area contributed by atoms with E-state index in [9.17, 15) is 13.2 Å². The Morgan fingerprint density at radius 2 is 1.91 bits per heavy atom. The third-order valence-corrected chi connectivity index (χ3v) is 6.23. The van der Waals surface area contributed by atoms with Crippen molar-refractivity contribution in [3.05, 3.63) is 59.1 Å². The molecule has 0 unspecified atom stereocenters. The van der Waals surface area contributed by atoms with E-state index in [4.69, 9.17) is 14.2 Å². The SMILES string of the molecule is C=CCOc1c(Br)cc(/C=N\NC(=O)[C@@H](C)N(c2ccc(OC)cc2)S(C)(=O)=O)cc1OC. The van der Waals surface area contributed by atoms with Gasteiger partial charge in [-0.05, 0) is 64.8 Å². The molecule has 0 aromatic heterocycles. The number of carbonyl (C=O) groups is 1. The summed E-state index contributed by atoms with van der Waals surface area (Å²) in [5.41, 5.74) is 3.33. The predicted molar refractivity (Wildman–Crippen MR) is 132 cm³/mol. The van der Waals surface area contributed by atoms with Crippen LogP contribution in [0.2, 0.25) is 0 Å². The molecule has 2 aromatic carbocycles. The van der Waals surface area contributed by atoms with Gasteiger partial charge in [0.05, 0.1) is 36.9 Å². The second-order valence-corrected chi connectivity index (χ2v) is 9.51. The van der Waals surface area contributed by atoms with Crippen molar-refractivity contribution in [1.29, 1.82) is 0 Å². The number of hydrogen-bond acceptors (Lipinski definition) is 7. The van der Waals surface area contributed by atoms with E-state index in [0.717, 1.165) is 10.6 Å². The van der Waals surface area contributed by atoms with Gasteiger partial charge in [0.15, 0.2) is 11.5 Å². The molecule has 0 spiro atoms. The zero-order valence-corrected chi connectivity index (χ0v) is 21.1. The number of carbonyl (C=O) groups excluding carboxylic acids is 1. The van der Waals surface area contributed by atoms with Crippen LogP contribution in [0.1, 0.15) is 12.5 Å². The fraction of sp³-hybridized carbons (Fsp3) is 0.273. The summed E-state index contributed by atoms with van der Waals surface area (Å²) >= 11 is 3.42. The number of rotatable bonds is 11.